The van der Waals surface area contributed by atoms with Gasteiger partial charge in [-0.3, -0.25) is 9.59 Å². The Labute approximate surface area is 124 Å². The smallest absolute Gasteiger partial charge is 0.308 e. The molecule has 0 saturated carbocycles. The molecule has 7 heteroatoms. The fourth-order valence-electron chi connectivity index (χ4n) is 3.26. The Hall–Kier alpha value is -2.05. The highest BCUT2D eigenvalue weighted by molar-refractivity contribution is 5.97. The van der Waals surface area contributed by atoms with E-state index in [-0.39, 0.29) is 24.9 Å². The van der Waals surface area contributed by atoms with Gasteiger partial charge >= 0.3 is 5.97 Å². The standard InChI is InChI=1S/C15H14F3NO3/c16-9-2-4-11-12(5-9)15(17,18)6-10-3-1-8(14(21)22)7-19(10)13(11)20/h2,4-5,8,10H,1,3,6-7H2,(H,21,22)/t8-,10+/m1/s1. The van der Waals surface area contributed by atoms with E-state index in [0.29, 0.717) is 6.07 Å². The predicted molar refractivity (Wildman–Crippen MR) is 70.1 cm³/mol. The molecule has 1 aromatic carbocycles. The maximum absolute atomic E-state index is 14.4. The summed E-state index contributed by atoms with van der Waals surface area (Å²) in [7, 11) is 0. The van der Waals surface area contributed by atoms with E-state index in [1.54, 1.807) is 0 Å². The number of carboxylic acids is 1. The summed E-state index contributed by atoms with van der Waals surface area (Å²) >= 11 is 0. The van der Waals surface area contributed by atoms with Crippen molar-refractivity contribution in [3.8, 4) is 0 Å². The Morgan fingerprint density at radius 1 is 1.32 bits per heavy atom. The van der Waals surface area contributed by atoms with Crippen molar-refractivity contribution in [2.45, 2.75) is 31.2 Å². The van der Waals surface area contributed by atoms with Crippen LogP contribution in [0.3, 0.4) is 0 Å². The van der Waals surface area contributed by atoms with Gasteiger partial charge in [0.05, 0.1) is 5.92 Å². The zero-order valence-corrected chi connectivity index (χ0v) is 11.6. The maximum atomic E-state index is 14.4. The Bertz CT molecular complexity index is 647. The first-order chi connectivity index (χ1) is 10.3. The molecular weight excluding hydrogens is 299 g/mol. The summed E-state index contributed by atoms with van der Waals surface area (Å²) in [5.41, 5.74) is -0.862. The van der Waals surface area contributed by atoms with Crippen LogP contribution in [0.4, 0.5) is 13.2 Å². The second-order valence-corrected chi connectivity index (χ2v) is 5.82. The van der Waals surface area contributed by atoms with Crippen molar-refractivity contribution >= 4 is 11.9 Å². The Kier molecular flexibility index (Phi) is 3.38. The quantitative estimate of drug-likeness (QED) is 0.867. The van der Waals surface area contributed by atoms with E-state index in [1.165, 1.54) is 4.90 Å². The zero-order chi connectivity index (χ0) is 16.1. The van der Waals surface area contributed by atoms with Gasteiger partial charge in [0, 0.05) is 30.1 Å². The van der Waals surface area contributed by atoms with Crippen molar-refractivity contribution in [2.75, 3.05) is 6.54 Å². The number of halogens is 3. The summed E-state index contributed by atoms with van der Waals surface area (Å²) in [5, 5.41) is 9.08. The lowest BCUT2D eigenvalue weighted by Gasteiger charge is -2.37. The van der Waals surface area contributed by atoms with Crippen LogP contribution in [-0.4, -0.2) is 34.5 Å². The molecular formula is C15H14F3NO3. The Balaban J connectivity index is 2.05. The lowest BCUT2D eigenvalue weighted by molar-refractivity contribution is -0.144. The fraction of sp³-hybridized carbons (Fsp3) is 0.467. The lowest BCUT2D eigenvalue weighted by atomic mass is 9.90. The van der Waals surface area contributed by atoms with Crippen LogP contribution >= 0.6 is 0 Å². The lowest BCUT2D eigenvalue weighted by Crippen LogP contribution is -2.48. The molecule has 4 nitrogen and oxygen atoms in total. The van der Waals surface area contributed by atoms with Gasteiger partial charge in [-0.1, -0.05) is 0 Å². The molecule has 3 rings (SSSR count). The number of carbonyl (C=O) groups is 2. The van der Waals surface area contributed by atoms with Crippen LogP contribution in [0, 0.1) is 11.7 Å². The SMILES string of the molecule is O=C(O)[C@@H]1CC[C@H]2CC(F)(F)c3cc(F)ccc3C(=O)N2C1. The summed E-state index contributed by atoms with van der Waals surface area (Å²) in [4.78, 5) is 24.8. The summed E-state index contributed by atoms with van der Waals surface area (Å²) < 4.78 is 42.1. The number of nitrogens with zero attached hydrogens (tertiary/aromatic N) is 1. The average molecular weight is 313 g/mol. The summed E-state index contributed by atoms with van der Waals surface area (Å²) in [5.74, 6) is -6.59. The second kappa shape index (κ2) is 5.00. The normalized spacial score (nSPS) is 26.9. The zero-order valence-electron chi connectivity index (χ0n) is 11.6. The first kappa shape index (κ1) is 14.9. The third-order valence-corrected chi connectivity index (χ3v) is 4.41. The first-order valence-corrected chi connectivity index (χ1v) is 7.01. The highest BCUT2D eigenvalue weighted by atomic mass is 19.3. The van der Waals surface area contributed by atoms with E-state index in [9.17, 15) is 22.8 Å². The molecule has 1 aromatic rings. The van der Waals surface area contributed by atoms with Crippen molar-refractivity contribution in [3.63, 3.8) is 0 Å². The van der Waals surface area contributed by atoms with Gasteiger partial charge in [0.1, 0.15) is 5.82 Å². The number of carboxylic acid groups (broad SMARTS) is 1. The van der Waals surface area contributed by atoms with Crippen LogP contribution in [0.5, 0.6) is 0 Å². The van der Waals surface area contributed by atoms with Crippen molar-refractivity contribution in [1.29, 1.82) is 0 Å². The van der Waals surface area contributed by atoms with Crippen molar-refractivity contribution in [1.82, 2.24) is 4.90 Å². The molecule has 0 bridgehead atoms. The number of benzene rings is 1. The van der Waals surface area contributed by atoms with Crippen molar-refractivity contribution < 1.29 is 27.9 Å². The number of aliphatic carboxylic acids is 1. The van der Waals surface area contributed by atoms with Gasteiger partial charge in [-0.2, -0.15) is 0 Å². The molecule has 0 aromatic heterocycles. The third-order valence-electron chi connectivity index (χ3n) is 4.41. The fourth-order valence-corrected chi connectivity index (χ4v) is 3.26. The number of alkyl halides is 2. The van der Waals surface area contributed by atoms with Gasteiger partial charge in [0.25, 0.3) is 11.8 Å². The average Bonchev–Trinajstić information content (AvgIpc) is 2.53. The topological polar surface area (TPSA) is 57.6 Å². The van der Waals surface area contributed by atoms with Crippen LogP contribution < -0.4 is 0 Å². The number of hydrogen-bond acceptors (Lipinski definition) is 2. The van der Waals surface area contributed by atoms with Crippen molar-refractivity contribution in [3.05, 3.63) is 35.1 Å². The molecule has 2 atom stereocenters. The summed E-state index contributed by atoms with van der Waals surface area (Å²) in [6, 6.07) is 1.98. The van der Waals surface area contributed by atoms with Gasteiger partial charge in [-0.25, -0.2) is 13.2 Å². The molecule has 1 saturated heterocycles. The highest BCUT2D eigenvalue weighted by Gasteiger charge is 2.47. The minimum atomic E-state index is -3.32. The van der Waals surface area contributed by atoms with Gasteiger partial charge < -0.3 is 10.0 Å². The van der Waals surface area contributed by atoms with Gasteiger partial charge in [0.2, 0.25) is 0 Å². The maximum Gasteiger partial charge on any atom is 0.308 e. The van der Waals surface area contributed by atoms with Gasteiger partial charge in [-0.15, -0.1) is 0 Å². The molecule has 118 valence electrons. The highest BCUT2D eigenvalue weighted by Crippen LogP contribution is 2.42. The van der Waals surface area contributed by atoms with Crippen LogP contribution in [0.1, 0.15) is 35.2 Å². The van der Waals surface area contributed by atoms with Gasteiger partial charge in [-0.05, 0) is 31.0 Å². The molecule has 1 fully saturated rings. The van der Waals surface area contributed by atoms with Crippen LogP contribution in [0.15, 0.2) is 18.2 Å². The number of carbonyl (C=O) groups excluding carboxylic acids is 1. The molecule has 0 aliphatic carbocycles. The van der Waals surface area contributed by atoms with Crippen LogP contribution in [0.25, 0.3) is 0 Å². The molecule has 0 spiro atoms. The van der Waals surface area contributed by atoms with E-state index < -0.39 is 47.6 Å². The Morgan fingerprint density at radius 3 is 2.73 bits per heavy atom. The molecule has 0 unspecified atom stereocenters. The van der Waals surface area contributed by atoms with E-state index in [4.69, 9.17) is 5.11 Å². The van der Waals surface area contributed by atoms with Crippen molar-refractivity contribution in [2.24, 2.45) is 5.92 Å². The molecule has 2 aliphatic heterocycles. The van der Waals surface area contributed by atoms with Crippen LogP contribution in [0.2, 0.25) is 0 Å². The van der Waals surface area contributed by atoms with E-state index in [2.05, 4.69) is 0 Å². The predicted octanol–water partition coefficient (Wildman–Crippen LogP) is 2.63. The monoisotopic (exact) mass is 313 g/mol. The Morgan fingerprint density at radius 2 is 2.05 bits per heavy atom. The minimum Gasteiger partial charge on any atom is -0.481 e. The largest absolute Gasteiger partial charge is 0.481 e. The molecule has 22 heavy (non-hydrogen) atoms. The summed E-state index contributed by atoms with van der Waals surface area (Å²) in [6.07, 6.45) is -0.152. The third kappa shape index (κ3) is 2.34. The minimum absolute atomic E-state index is 0.0915. The van der Waals surface area contributed by atoms with Crippen LogP contribution in [-0.2, 0) is 10.7 Å². The summed E-state index contributed by atoms with van der Waals surface area (Å²) in [6.45, 7) is -0.0915. The molecule has 1 amide bonds. The molecule has 0 radical (unpaired) electrons. The molecule has 2 heterocycles. The number of hydrogen-bond donors (Lipinski definition) is 1. The second-order valence-electron chi connectivity index (χ2n) is 5.82. The van der Waals surface area contributed by atoms with E-state index >= 15 is 0 Å². The van der Waals surface area contributed by atoms with E-state index in [1.807, 2.05) is 0 Å². The molecule has 1 N–H and O–H groups in total. The number of rotatable bonds is 1. The molecule has 2 aliphatic rings. The van der Waals surface area contributed by atoms with E-state index in [0.717, 1.165) is 12.1 Å². The number of fused-ring (bicyclic) bond motifs is 2. The number of amides is 1. The van der Waals surface area contributed by atoms with Gasteiger partial charge in [0.15, 0.2) is 0 Å². The first-order valence-electron chi connectivity index (χ1n) is 7.01. The number of piperidine rings is 1.